The van der Waals surface area contributed by atoms with Crippen LogP contribution in [0.5, 0.6) is 0 Å². The van der Waals surface area contributed by atoms with Gasteiger partial charge in [0.05, 0.1) is 0 Å². The molecule has 0 aliphatic heterocycles. The van der Waals surface area contributed by atoms with Crippen LogP contribution in [-0.2, 0) is 13.7 Å². The molecule has 3 saturated carbocycles. The van der Waals surface area contributed by atoms with Gasteiger partial charge < -0.3 is 0 Å². The molecule has 3 nitrogen and oxygen atoms in total. The van der Waals surface area contributed by atoms with Crippen LogP contribution in [0.4, 0.5) is 13.2 Å². The molecule has 24 heavy (non-hydrogen) atoms. The smallest absolute Gasteiger partial charge is 0.212 e. The molecule has 3 rings (SSSR count). The van der Waals surface area contributed by atoms with E-state index < -0.39 is 25.9 Å². The maximum atomic E-state index is 13.1. The Morgan fingerprint density at radius 3 is 1.21 bits per heavy atom. The molecule has 3 fully saturated rings. The molecule has 3 aliphatic carbocycles. The molecule has 0 aromatic carbocycles. The van der Waals surface area contributed by atoms with E-state index in [0.29, 0.717) is 0 Å². The molecule has 0 saturated heterocycles. The molecule has 0 atom stereocenters. The van der Waals surface area contributed by atoms with Gasteiger partial charge in [0.1, 0.15) is 0 Å². The Kier molecular flexibility index (Phi) is 5.48. The van der Waals surface area contributed by atoms with Crippen LogP contribution in [0, 0.1) is 0 Å². The van der Waals surface area contributed by atoms with Gasteiger partial charge in [-0.25, -0.2) is 3.63 Å². The van der Waals surface area contributed by atoms with Gasteiger partial charge in [-0.1, -0.05) is 38.5 Å². The lowest BCUT2D eigenvalue weighted by Crippen LogP contribution is -2.39. The molecule has 3 aliphatic rings. The Hall–Kier alpha value is 0.0500. The largest absolute Gasteiger partial charge is 0.523 e. The first-order valence-corrected chi connectivity index (χ1v) is 12.3. The lowest BCUT2D eigenvalue weighted by atomic mass is 10.3. The van der Waals surface area contributed by atoms with Crippen LogP contribution in [0.2, 0.25) is 0 Å². The van der Waals surface area contributed by atoms with E-state index in [2.05, 4.69) is 0 Å². The molecule has 0 radical (unpaired) electrons. The van der Waals surface area contributed by atoms with Gasteiger partial charge in [-0.2, -0.15) is 21.6 Å². The highest BCUT2D eigenvalue weighted by atomic mass is 32.3. The van der Waals surface area contributed by atoms with Crippen LogP contribution >= 0.6 is 10.3 Å². The number of hydrogen-bond donors (Lipinski definition) is 0. The van der Waals surface area contributed by atoms with E-state index in [9.17, 15) is 21.6 Å². The van der Waals surface area contributed by atoms with Gasteiger partial charge in [0.2, 0.25) is 0 Å². The summed E-state index contributed by atoms with van der Waals surface area (Å²) >= 11 is 0. The second kappa shape index (κ2) is 6.99. The maximum absolute atomic E-state index is 13.1. The van der Waals surface area contributed by atoms with E-state index in [4.69, 9.17) is 3.63 Å². The van der Waals surface area contributed by atoms with Crippen molar-refractivity contribution in [3.8, 4) is 0 Å². The molecule has 0 spiro atoms. The van der Waals surface area contributed by atoms with Crippen LogP contribution in [0.1, 0.15) is 77.0 Å². The molecule has 0 bridgehead atoms. The molecule has 8 heteroatoms. The van der Waals surface area contributed by atoms with E-state index in [1.165, 1.54) is 0 Å². The van der Waals surface area contributed by atoms with Crippen molar-refractivity contribution in [1.29, 1.82) is 0 Å². The van der Waals surface area contributed by atoms with Crippen LogP contribution < -0.4 is 0 Å². The Balaban J connectivity index is 2.02. The summed E-state index contributed by atoms with van der Waals surface area (Å²) in [6.45, 7) is 0. The summed E-state index contributed by atoms with van der Waals surface area (Å²) < 4.78 is 68.8. The van der Waals surface area contributed by atoms with Crippen molar-refractivity contribution in [2.24, 2.45) is 0 Å². The number of hydrogen-bond acceptors (Lipinski definition) is 3. The molecule has 142 valence electrons. The number of alkyl halides is 3. The zero-order valence-corrected chi connectivity index (χ0v) is 15.5. The minimum absolute atomic E-state index is 0.0285. The minimum Gasteiger partial charge on any atom is -0.212 e. The van der Waals surface area contributed by atoms with Crippen LogP contribution in [0.15, 0.2) is 0 Å². The van der Waals surface area contributed by atoms with Crippen molar-refractivity contribution in [1.82, 2.24) is 0 Å². The Morgan fingerprint density at radius 1 is 0.667 bits per heavy atom. The van der Waals surface area contributed by atoms with Crippen molar-refractivity contribution in [2.75, 3.05) is 0 Å². The molecule has 0 aromatic heterocycles. The second-order valence-electron chi connectivity index (χ2n) is 7.38. The molecule has 0 unspecified atom stereocenters. The van der Waals surface area contributed by atoms with E-state index in [1.807, 2.05) is 0 Å². The third-order valence-electron chi connectivity index (χ3n) is 5.96. The fourth-order valence-electron chi connectivity index (χ4n) is 4.95. The van der Waals surface area contributed by atoms with Crippen molar-refractivity contribution in [2.45, 2.75) is 98.3 Å². The van der Waals surface area contributed by atoms with E-state index >= 15 is 0 Å². The summed E-state index contributed by atoms with van der Waals surface area (Å²) in [5.41, 5.74) is -5.32. The average Bonchev–Trinajstić information content (AvgIpc) is 3.26. The summed E-state index contributed by atoms with van der Waals surface area (Å²) in [4.78, 5) is 0. The van der Waals surface area contributed by atoms with Crippen LogP contribution in [0.25, 0.3) is 0 Å². The Bertz CT molecular complexity index is 488. The zero-order valence-electron chi connectivity index (χ0n) is 13.9. The molecule has 0 aromatic rings. The average molecular weight is 389 g/mol. The lowest BCUT2D eigenvalue weighted by Gasteiger charge is -2.52. The first-order chi connectivity index (χ1) is 11.3. The number of halogens is 3. The topological polar surface area (TPSA) is 43.4 Å². The minimum atomic E-state index is -5.53. The van der Waals surface area contributed by atoms with Crippen molar-refractivity contribution < 1.29 is 25.2 Å². The summed E-state index contributed by atoms with van der Waals surface area (Å²) in [5.74, 6) is 0. The highest BCUT2D eigenvalue weighted by molar-refractivity contribution is 8.34. The zero-order chi connectivity index (χ0) is 17.4. The van der Waals surface area contributed by atoms with Crippen molar-refractivity contribution in [3.05, 3.63) is 0 Å². The third-order valence-corrected chi connectivity index (χ3v) is 12.7. The highest BCUT2D eigenvalue weighted by Crippen LogP contribution is 2.72. The second-order valence-corrected chi connectivity index (χ2v) is 12.7. The van der Waals surface area contributed by atoms with Crippen LogP contribution in [0.3, 0.4) is 0 Å². The molecule has 0 N–H and O–H groups in total. The quantitative estimate of drug-likeness (QED) is 0.592. The molecular formula is C16H27F3O3S2. The van der Waals surface area contributed by atoms with Crippen molar-refractivity contribution >= 4 is 20.4 Å². The summed E-state index contributed by atoms with van der Waals surface area (Å²) in [6.07, 6.45) is 10.9. The summed E-state index contributed by atoms with van der Waals surface area (Å²) in [5, 5.41) is 0.0856. The fraction of sp³-hybridized carbons (Fsp3) is 1.00. The molecule has 0 amide bonds. The Morgan fingerprint density at radius 2 is 0.958 bits per heavy atom. The molecular weight excluding hydrogens is 361 g/mol. The van der Waals surface area contributed by atoms with Gasteiger partial charge in [0.15, 0.2) is 0 Å². The predicted octanol–water partition coefficient (Wildman–Crippen LogP) is 5.40. The van der Waals surface area contributed by atoms with Gasteiger partial charge in [-0.3, -0.25) is 0 Å². The van der Waals surface area contributed by atoms with Crippen molar-refractivity contribution in [3.63, 3.8) is 0 Å². The molecule has 0 heterocycles. The highest BCUT2D eigenvalue weighted by Gasteiger charge is 2.57. The van der Waals surface area contributed by atoms with Gasteiger partial charge in [0.25, 0.3) is 0 Å². The van der Waals surface area contributed by atoms with E-state index in [-0.39, 0.29) is 15.7 Å². The SMILES string of the molecule is O=S(=O)(OS(C1CCCC1)(C1CCCC1)C1CCCC1)C(F)(F)F. The Labute approximate surface area is 144 Å². The monoisotopic (exact) mass is 388 g/mol. The number of rotatable bonds is 5. The first kappa shape index (κ1) is 18.8. The maximum Gasteiger partial charge on any atom is 0.523 e. The van der Waals surface area contributed by atoms with E-state index in [0.717, 1.165) is 77.0 Å². The van der Waals surface area contributed by atoms with Gasteiger partial charge in [-0.15, -0.1) is 10.3 Å². The van der Waals surface area contributed by atoms with Gasteiger partial charge >= 0.3 is 15.6 Å². The normalized spacial score (nSPS) is 26.5. The summed E-state index contributed by atoms with van der Waals surface area (Å²) in [6, 6.07) is 0. The van der Waals surface area contributed by atoms with E-state index in [1.54, 1.807) is 0 Å². The lowest BCUT2D eigenvalue weighted by molar-refractivity contribution is -0.0497. The predicted molar refractivity (Wildman–Crippen MR) is 90.4 cm³/mol. The summed E-state index contributed by atoms with van der Waals surface area (Å²) in [7, 11) is -7.81. The third kappa shape index (κ3) is 3.34. The van der Waals surface area contributed by atoms with Gasteiger partial charge in [0, 0.05) is 15.7 Å². The first-order valence-electron chi connectivity index (χ1n) is 9.09. The van der Waals surface area contributed by atoms with Gasteiger partial charge in [-0.05, 0) is 38.5 Å². The fourth-order valence-corrected chi connectivity index (χ4v) is 12.7. The van der Waals surface area contributed by atoms with Crippen LogP contribution in [-0.4, -0.2) is 29.7 Å². The standard InChI is InChI=1S/C16H27F3O3S2/c17-16(18,19)24(20,21)22-23(13-7-1-2-8-13,14-9-3-4-10-14)15-11-5-6-12-15/h13-15H,1-12H2.